The van der Waals surface area contributed by atoms with Crippen LogP contribution in [-0.4, -0.2) is 39.5 Å². The van der Waals surface area contributed by atoms with Crippen LogP contribution >= 0.6 is 0 Å². The van der Waals surface area contributed by atoms with Crippen LogP contribution in [0.25, 0.3) is 0 Å². The Bertz CT molecular complexity index is 175. The minimum absolute atomic E-state index is 0.348. The summed E-state index contributed by atoms with van der Waals surface area (Å²) >= 11 is 0. The van der Waals surface area contributed by atoms with E-state index < -0.39 is 0 Å². The van der Waals surface area contributed by atoms with E-state index in [2.05, 4.69) is 19.2 Å². The van der Waals surface area contributed by atoms with Crippen molar-refractivity contribution in [3.8, 4) is 0 Å². The molecular formula is C12H25NO2. The molecule has 0 aromatic carbocycles. The average Bonchev–Trinajstić information content (AvgIpc) is 2.20. The van der Waals surface area contributed by atoms with Crippen LogP contribution in [0.2, 0.25) is 0 Å². The molecule has 1 rings (SSSR count). The highest BCUT2D eigenvalue weighted by Crippen LogP contribution is 2.30. The average molecular weight is 215 g/mol. The van der Waals surface area contributed by atoms with E-state index in [4.69, 9.17) is 9.47 Å². The standard InChI is InChI=1S/C12H25NO2/c1-9-7-10(2)12(11(8-9)13-3)15-6-5-14-4/h9-13H,5-8H2,1-4H3. The summed E-state index contributed by atoms with van der Waals surface area (Å²) in [6.07, 6.45) is 2.84. The Hall–Kier alpha value is -0.120. The fourth-order valence-electron chi connectivity index (χ4n) is 2.66. The molecule has 0 heterocycles. The van der Waals surface area contributed by atoms with Crippen molar-refractivity contribution in [1.29, 1.82) is 0 Å². The zero-order chi connectivity index (χ0) is 11.3. The first-order valence-electron chi connectivity index (χ1n) is 5.96. The predicted molar refractivity (Wildman–Crippen MR) is 62.0 cm³/mol. The van der Waals surface area contributed by atoms with E-state index in [1.807, 2.05) is 7.05 Å². The molecule has 1 N–H and O–H groups in total. The lowest BCUT2D eigenvalue weighted by molar-refractivity contribution is -0.0515. The quantitative estimate of drug-likeness (QED) is 0.708. The van der Waals surface area contributed by atoms with Crippen LogP contribution in [-0.2, 0) is 9.47 Å². The van der Waals surface area contributed by atoms with Crippen molar-refractivity contribution in [2.45, 2.75) is 38.8 Å². The maximum absolute atomic E-state index is 5.90. The molecule has 4 atom stereocenters. The van der Waals surface area contributed by atoms with Crippen LogP contribution in [0.5, 0.6) is 0 Å². The smallest absolute Gasteiger partial charge is 0.0754 e. The maximum atomic E-state index is 5.90. The first-order chi connectivity index (χ1) is 7.19. The fraction of sp³-hybridized carbons (Fsp3) is 1.00. The molecule has 0 spiro atoms. The van der Waals surface area contributed by atoms with E-state index >= 15 is 0 Å². The first-order valence-corrected chi connectivity index (χ1v) is 5.96. The van der Waals surface area contributed by atoms with Gasteiger partial charge in [0.05, 0.1) is 19.3 Å². The summed E-state index contributed by atoms with van der Waals surface area (Å²) in [5, 5.41) is 3.38. The second-order valence-corrected chi connectivity index (χ2v) is 4.78. The predicted octanol–water partition coefficient (Wildman–Crippen LogP) is 1.67. The van der Waals surface area contributed by atoms with Gasteiger partial charge in [0.2, 0.25) is 0 Å². The van der Waals surface area contributed by atoms with Gasteiger partial charge in [-0.2, -0.15) is 0 Å². The zero-order valence-corrected chi connectivity index (χ0v) is 10.5. The van der Waals surface area contributed by atoms with Gasteiger partial charge in [0.15, 0.2) is 0 Å². The van der Waals surface area contributed by atoms with E-state index in [9.17, 15) is 0 Å². The normalized spacial score (nSPS) is 36.8. The van der Waals surface area contributed by atoms with Crippen molar-refractivity contribution in [3.63, 3.8) is 0 Å². The molecule has 0 saturated heterocycles. The topological polar surface area (TPSA) is 30.5 Å². The maximum Gasteiger partial charge on any atom is 0.0754 e. The number of likely N-dealkylation sites (N-methyl/N-ethyl adjacent to an activating group) is 1. The molecule has 1 saturated carbocycles. The van der Waals surface area contributed by atoms with Crippen LogP contribution in [0.4, 0.5) is 0 Å². The number of methoxy groups -OCH3 is 1. The van der Waals surface area contributed by atoms with Gasteiger partial charge in [-0.1, -0.05) is 13.8 Å². The summed E-state index contributed by atoms with van der Waals surface area (Å²) in [5.41, 5.74) is 0. The van der Waals surface area contributed by atoms with Crippen LogP contribution in [0, 0.1) is 11.8 Å². The van der Waals surface area contributed by atoms with Gasteiger partial charge in [0, 0.05) is 13.2 Å². The molecule has 15 heavy (non-hydrogen) atoms. The molecule has 3 heteroatoms. The third-order valence-corrected chi connectivity index (χ3v) is 3.36. The summed E-state index contributed by atoms with van der Waals surface area (Å²) in [6, 6.07) is 0.501. The number of rotatable bonds is 5. The summed E-state index contributed by atoms with van der Waals surface area (Å²) in [5.74, 6) is 1.45. The Labute approximate surface area is 93.5 Å². The molecule has 90 valence electrons. The fourth-order valence-corrected chi connectivity index (χ4v) is 2.66. The van der Waals surface area contributed by atoms with E-state index in [0.29, 0.717) is 31.3 Å². The van der Waals surface area contributed by atoms with Crippen LogP contribution < -0.4 is 5.32 Å². The van der Waals surface area contributed by atoms with Crippen molar-refractivity contribution < 1.29 is 9.47 Å². The molecule has 1 fully saturated rings. The third kappa shape index (κ3) is 3.74. The number of nitrogens with one attached hydrogen (secondary N) is 1. The minimum atomic E-state index is 0.348. The molecule has 3 nitrogen and oxygen atoms in total. The van der Waals surface area contributed by atoms with Gasteiger partial charge < -0.3 is 14.8 Å². The Kier molecular flexibility index (Phi) is 5.58. The van der Waals surface area contributed by atoms with Gasteiger partial charge in [-0.3, -0.25) is 0 Å². The molecule has 0 aromatic heterocycles. The minimum Gasteiger partial charge on any atom is -0.382 e. The highest BCUT2D eigenvalue weighted by Gasteiger charge is 2.33. The van der Waals surface area contributed by atoms with Gasteiger partial charge in [0.1, 0.15) is 0 Å². The number of hydrogen-bond acceptors (Lipinski definition) is 3. The molecule has 1 aliphatic carbocycles. The Morgan fingerprint density at radius 2 is 1.93 bits per heavy atom. The van der Waals surface area contributed by atoms with E-state index in [1.165, 1.54) is 12.8 Å². The Morgan fingerprint density at radius 1 is 1.20 bits per heavy atom. The summed E-state index contributed by atoms with van der Waals surface area (Å²) in [4.78, 5) is 0. The molecule has 4 unspecified atom stereocenters. The molecule has 0 bridgehead atoms. The van der Waals surface area contributed by atoms with Gasteiger partial charge in [0.25, 0.3) is 0 Å². The molecule has 1 aliphatic rings. The number of ether oxygens (including phenoxy) is 2. The van der Waals surface area contributed by atoms with Crippen molar-refractivity contribution >= 4 is 0 Å². The lowest BCUT2D eigenvalue weighted by Gasteiger charge is -2.39. The Balaban J connectivity index is 2.42. The van der Waals surface area contributed by atoms with Crippen molar-refractivity contribution in [2.75, 3.05) is 27.4 Å². The first kappa shape index (κ1) is 12.9. The number of hydrogen-bond donors (Lipinski definition) is 1. The summed E-state index contributed by atoms with van der Waals surface area (Å²) < 4.78 is 10.9. The highest BCUT2D eigenvalue weighted by atomic mass is 16.5. The van der Waals surface area contributed by atoms with E-state index in [-0.39, 0.29) is 0 Å². The molecule has 0 aliphatic heterocycles. The van der Waals surface area contributed by atoms with Crippen molar-refractivity contribution in [1.82, 2.24) is 5.32 Å². The van der Waals surface area contributed by atoms with Crippen LogP contribution in [0.15, 0.2) is 0 Å². The van der Waals surface area contributed by atoms with Crippen LogP contribution in [0.3, 0.4) is 0 Å². The summed E-state index contributed by atoms with van der Waals surface area (Å²) in [7, 11) is 3.74. The van der Waals surface area contributed by atoms with E-state index in [0.717, 1.165) is 5.92 Å². The summed E-state index contributed by atoms with van der Waals surface area (Å²) in [6.45, 7) is 6.01. The SMILES string of the molecule is CNC1CC(C)CC(C)C1OCCOC. The Morgan fingerprint density at radius 3 is 2.53 bits per heavy atom. The molecular weight excluding hydrogens is 190 g/mol. The molecule has 0 aromatic rings. The molecule has 0 amide bonds. The van der Waals surface area contributed by atoms with Crippen molar-refractivity contribution in [3.05, 3.63) is 0 Å². The third-order valence-electron chi connectivity index (χ3n) is 3.36. The second kappa shape index (κ2) is 6.46. The van der Waals surface area contributed by atoms with Crippen LogP contribution in [0.1, 0.15) is 26.7 Å². The van der Waals surface area contributed by atoms with Gasteiger partial charge in [-0.05, 0) is 31.7 Å². The zero-order valence-electron chi connectivity index (χ0n) is 10.5. The highest BCUT2D eigenvalue weighted by molar-refractivity contribution is 4.87. The lowest BCUT2D eigenvalue weighted by Crippen LogP contribution is -2.48. The van der Waals surface area contributed by atoms with Gasteiger partial charge in [-0.25, -0.2) is 0 Å². The largest absolute Gasteiger partial charge is 0.382 e. The van der Waals surface area contributed by atoms with Gasteiger partial charge in [-0.15, -0.1) is 0 Å². The molecule has 0 radical (unpaired) electrons. The second-order valence-electron chi connectivity index (χ2n) is 4.78. The monoisotopic (exact) mass is 215 g/mol. The lowest BCUT2D eigenvalue weighted by atomic mass is 9.78. The van der Waals surface area contributed by atoms with E-state index in [1.54, 1.807) is 7.11 Å². The van der Waals surface area contributed by atoms with Crippen molar-refractivity contribution in [2.24, 2.45) is 11.8 Å². The van der Waals surface area contributed by atoms with Gasteiger partial charge >= 0.3 is 0 Å².